The van der Waals surface area contributed by atoms with Crippen LogP contribution in [0.1, 0.15) is 12.8 Å². The summed E-state index contributed by atoms with van der Waals surface area (Å²) >= 11 is 3.33. The molecule has 1 amide bonds. The van der Waals surface area contributed by atoms with Crippen LogP contribution in [0.4, 0.5) is 0 Å². The Morgan fingerprint density at radius 1 is 1.35 bits per heavy atom. The molecule has 1 aromatic carbocycles. The molecule has 1 unspecified atom stereocenters. The molecule has 0 saturated carbocycles. The number of carboxylic acids is 1. The Hall–Kier alpha value is -1.56. The van der Waals surface area contributed by atoms with Gasteiger partial charge >= 0.3 is 5.97 Å². The van der Waals surface area contributed by atoms with Crippen LogP contribution in [0.3, 0.4) is 0 Å². The number of rotatable bonds is 5. The molecular weight excluding hydrogens is 326 g/mol. The van der Waals surface area contributed by atoms with E-state index in [1.807, 2.05) is 24.3 Å². The summed E-state index contributed by atoms with van der Waals surface area (Å²) in [6, 6.07) is 7.39. The maximum atomic E-state index is 11.9. The SMILES string of the molecule is O=C(O)C1CCN(C(=O)CCOc2ccc(Br)cc2)C1. The van der Waals surface area contributed by atoms with Crippen molar-refractivity contribution in [1.29, 1.82) is 0 Å². The number of nitrogens with zero attached hydrogens (tertiary/aromatic N) is 1. The number of carbonyl (C=O) groups is 2. The third-order valence-electron chi connectivity index (χ3n) is 3.29. The summed E-state index contributed by atoms with van der Waals surface area (Å²) in [5.41, 5.74) is 0. The summed E-state index contributed by atoms with van der Waals surface area (Å²) in [5.74, 6) is -0.588. The number of carbonyl (C=O) groups excluding carboxylic acids is 1. The van der Waals surface area contributed by atoms with Crippen molar-refractivity contribution in [1.82, 2.24) is 4.90 Å². The lowest BCUT2D eigenvalue weighted by Gasteiger charge is -2.15. The lowest BCUT2D eigenvalue weighted by Crippen LogP contribution is -2.30. The first-order chi connectivity index (χ1) is 9.56. The van der Waals surface area contributed by atoms with Gasteiger partial charge in [-0.2, -0.15) is 0 Å². The molecule has 1 fully saturated rings. The number of hydrogen-bond acceptors (Lipinski definition) is 3. The van der Waals surface area contributed by atoms with Crippen molar-refractivity contribution in [3.8, 4) is 5.75 Å². The Kier molecular flexibility index (Phi) is 5.00. The predicted molar refractivity (Wildman–Crippen MR) is 76.6 cm³/mol. The number of likely N-dealkylation sites (tertiary alicyclic amines) is 1. The van der Waals surface area contributed by atoms with E-state index in [0.717, 1.165) is 4.47 Å². The number of hydrogen-bond donors (Lipinski definition) is 1. The molecule has 1 atom stereocenters. The summed E-state index contributed by atoms with van der Waals surface area (Å²) in [5, 5.41) is 8.89. The van der Waals surface area contributed by atoms with Crippen LogP contribution in [0.2, 0.25) is 0 Å². The van der Waals surface area contributed by atoms with E-state index >= 15 is 0 Å². The van der Waals surface area contributed by atoms with Crippen molar-refractivity contribution in [2.24, 2.45) is 5.92 Å². The van der Waals surface area contributed by atoms with Gasteiger partial charge in [-0.3, -0.25) is 9.59 Å². The number of ether oxygens (including phenoxy) is 1. The summed E-state index contributed by atoms with van der Waals surface area (Å²) in [6.07, 6.45) is 0.803. The third-order valence-corrected chi connectivity index (χ3v) is 3.82. The van der Waals surface area contributed by atoms with Crippen LogP contribution < -0.4 is 4.74 Å². The molecule has 0 radical (unpaired) electrons. The van der Waals surface area contributed by atoms with E-state index < -0.39 is 11.9 Å². The Morgan fingerprint density at radius 3 is 2.65 bits per heavy atom. The van der Waals surface area contributed by atoms with E-state index in [1.54, 1.807) is 4.90 Å². The zero-order valence-corrected chi connectivity index (χ0v) is 12.5. The van der Waals surface area contributed by atoms with Gasteiger partial charge in [0.1, 0.15) is 5.75 Å². The van der Waals surface area contributed by atoms with Gasteiger partial charge in [0.25, 0.3) is 0 Å². The molecular formula is C14H16BrNO4. The number of aliphatic carboxylic acids is 1. The lowest BCUT2D eigenvalue weighted by atomic mass is 10.1. The predicted octanol–water partition coefficient (Wildman–Crippen LogP) is 2.15. The van der Waals surface area contributed by atoms with Crippen LogP contribution in [0, 0.1) is 5.92 Å². The summed E-state index contributed by atoms with van der Waals surface area (Å²) < 4.78 is 6.45. The van der Waals surface area contributed by atoms with E-state index in [1.165, 1.54) is 0 Å². The molecule has 1 aliphatic rings. The quantitative estimate of drug-likeness (QED) is 0.890. The number of amides is 1. The van der Waals surface area contributed by atoms with Crippen molar-refractivity contribution in [2.45, 2.75) is 12.8 Å². The van der Waals surface area contributed by atoms with E-state index in [-0.39, 0.29) is 12.3 Å². The van der Waals surface area contributed by atoms with Crippen LogP contribution in [-0.4, -0.2) is 41.6 Å². The molecule has 0 aliphatic carbocycles. The number of halogens is 1. The molecule has 6 heteroatoms. The lowest BCUT2D eigenvalue weighted by molar-refractivity contribution is -0.141. The Labute approximate surface area is 125 Å². The van der Waals surface area contributed by atoms with Gasteiger partial charge in [0, 0.05) is 17.6 Å². The topological polar surface area (TPSA) is 66.8 Å². The highest BCUT2D eigenvalue weighted by Gasteiger charge is 2.30. The van der Waals surface area contributed by atoms with Crippen molar-refractivity contribution in [2.75, 3.05) is 19.7 Å². The van der Waals surface area contributed by atoms with Gasteiger partial charge in [0.2, 0.25) is 5.91 Å². The minimum atomic E-state index is -0.827. The minimum absolute atomic E-state index is 0.0501. The first-order valence-corrected chi connectivity index (χ1v) is 7.24. The Morgan fingerprint density at radius 2 is 2.05 bits per heavy atom. The highest BCUT2D eigenvalue weighted by atomic mass is 79.9. The highest BCUT2D eigenvalue weighted by molar-refractivity contribution is 9.10. The maximum Gasteiger partial charge on any atom is 0.308 e. The standard InChI is InChI=1S/C14H16BrNO4/c15-11-1-3-12(4-2-11)20-8-6-13(17)16-7-5-10(9-16)14(18)19/h1-4,10H,5-9H2,(H,18,19). The fourth-order valence-corrected chi connectivity index (χ4v) is 2.40. The highest BCUT2D eigenvalue weighted by Crippen LogP contribution is 2.18. The van der Waals surface area contributed by atoms with Gasteiger partial charge in [-0.25, -0.2) is 0 Å². The van der Waals surface area contributed by atoms with Gasteiger partial charge in [0.05, 0.1) is 18.9 Å². The van der Waals surface area contributed by atoms with Crippen LogP contribution in [-0.2, 0) is 9.59 Å². The van der Waals surface area contributed by atoms with Crippen molar-refractivity contribution in [3.63, 3.8) is 0 Å². The molecule has 1 heterocycles. The molecule has 2 rings (SSSR count). The molecule has 1 N–H and O–H groups in total. The fourth-order valence-electron chi connectivity index (χ4n) is 2.13. The zero-order chi connectivity index (χ0) is 14.5. The average Bonchev–Trinajstić information content (AvgIpc) is 2.91. The second-order valence-electron chi connectivity index (χ2n) is 4.72. The number of carboxylic acid groups (broad SMARTS) is 1. The summed E-state index contributed by atoms with van der Waals surface area (Å²) in [6.45, 7) is 1.13. The Balaban J connectivity index is 1.73. The van der Waals surface area contributed by atoms with E-state index in [0.29, 0.717) is 31.9 Å². The van der Waals surface area contributed by atoms with Gasteiger partial charge in [-0.05, 0) is 30.7 Å². The molecule has 108 valence electrons. The van der Waals surface area contributed by atoms with Gasteiger partial charge in [-0.1, -0.05) is 15.9 Å². The van der Waals surface area contributed by atoms with E-state index in [4.69, 9.17) is 9.84 Å². The van der Waals surface area contributed by atoms with Crippen LogP contribution >= 0.6 is 15.9 Å². The summed E-state index contributed by atoms with van der Waals surface area (Å²) in [7, 11) is 0. The molecule has 0 bridgehead atoms. The van der Waals surface area contributed by atoms with Gasteiger partial charge in [-0.15, -0.1) is 0 Å². The zero-order valence-electron chi connectivity index (χ0n) is 10.9. The van der Waals surface area contributed by atoms with Gasteiger partial charge < -0.3 is 14.7 Å². The van der Waals surface area contributed by atoms with E-state index in [2.05, 4.69) is 15.9 Å². The molecule has 20 heavy (non-hydrogen) atoms. The third kappa shape index (κ3) is 3.96. The van der Waals surface area contributed by atoms with Crippen molar-refractivity contribution >= 4 is 27.8 Å². The first kappa shape index (κ1) is 14.8. The summed E-state index contributed by atoms with van der Waals surface area (Å²) in [4.78, 5) is 24.3. The minimum Gasteiger partial charge on any atom is -0.493 e. The van der Waals surface area contributed by atoms with Crippen LogP contribution in [0.15, 0.2) is 28.7 Å². The molecule has 1 aliphatic heterocycles. The second kappa shape index (κ2) is 6.74. The Bertz CT molecular complexity index is 488. The van der Waals surface area contributed by atoms with Crippen molar-refractivity contribution in [3.05, 3.63) is 28.7 Å². The maximum absolute atomic E-state index is 11.9. The van der Waals surface area contributed by atoms with Crippen molar-refractivity contribution < 1.29 is 19.4 Å². The molecule has 1 aromatic rings. The molecule has 1 saturated heterocycles. The van der Waals surface area contributed by atoms with Crippen LogP contribution in [0.25, 0.3) is 0 Å². The first-order valence-electron chi connectivity index (χ1n) is 6.45. The number of benzene rings is 1. The monoisotopic (exact) mass is 341 g/mol. The van der Waals surface area contributed by atoms with Gasteiger partial charge in [0.15, 0.2) is 0 Å². The largest absolute Gasteiger partial charge is 0.493 e. The molecule has 0 aromatic heterocycles. The second-order valence-corrected chi connectivity index (χ2v) is 5.63. The molecule has 0 spiro atoms. The molecule has 5 nitrogen and oxygen atoms in total. The van der Waals surface area contributed by atoms with E-state index in [9.17, 15) is 9.59 Å². The smallest absolute Gasteiger partial charge is 0.308 e. The van der Waals surface area contributed by atoms with Crippen LogP contribution in [0.5, 0.6) is 5.75 Å². The average molecular weight is 342 g/mol. The fraction of sp³-hybridized carbons (Fsp3) is 0.429. The normalized spacial score (nSPS) is 18.1.